The normalized spacial score (nSPS) is 27.5. The second kappa shape index (κ2) is 5.45. The first-order chi connectivity index (χ1) is 10.4. The van der Waals surface area contributed by atoms with Crippen LogP contribution in [0.25, 0.3) is 0 Å². The molecule has 0 spiro atoms. The van der Waals surface area contributed by atoms with Gasteiger partial charge in [-0.3, -0.25) is 4.79 Å². The molecule has 1 aromatic rings. The molecule has 22 heavy (non-hydrogen) atoms. The summed E-state index contributed by atoms with van der Waals surface area (Å²) in [6.45, 7) is 6.34. The predicted octanol–water partition coefficient (Wildman–Crippen LogP) is 3.04. The number of aliphatic carboxylic acids is 1. The summed E-state index contributed by atoms with van der Waals surface area (Å²) in [5.41, 5.74) is 0.509. The lowest BCUT2D eigenvalue weighted by molar-refractivity contribution is -0.142. The Morgan fingerprint density at radius 3 is 2.68 bits per heavy atom. The highest BCUT2D eigenvalue weighted by Gasteiger charge is 2.50. The van der Waals surface area contributed by atoms with Crippen molar-refractivity contribution in [1.29, 1.82) is 0 Å². The Kier molecular flexibility index (Phi) is 3.75. The van der Waals surface area contributed by atoms with Gasteiger partial charge in [0.05, 0.1) is 5.56 Å². The van der Waals surface area contributed by atoms with E-state index in [-0.39, 0.29) is 17.7 Å². The van der Waals surface area contributed by atoms with E-state index in [1.807, 2.05) is 13.8 Å². The molecular formula is C17H23NO4. The predicted molar refractivity (Wildman–Crippen MR) is 80.8 cm³/mol. The molecule has 120 valence electrons. The van der Waals surface area contributed by atoms with Crippen LogP contribution in [-0.4, -0.2) is 34.5 Å². The lowest BCUT2D eigenvalue weighted by Gasteiger charge is -2.24. The fourth-order valence-electron chi connectivity index (χ4n) is 3.99. The van der Waals surface area contributed by atoms with Crippen LogP contribution in [0.5, 0.6) is 0 Å². The molecule has 5 nitrogen and oxygen atoms in total. The van der Waals surface area contributed by atoms with Crippen molar-refractivity contribution in [2.24, 2.45) is 11.8 Å². The number of carbonyl (C=O) groups excluding carboxylic acids is 1. The number of rotatable bonds is 3. The average molecular weight is 305 g/mol. The summed E-state index contributed by atoms with van der Waals surface area (Å²) in [6, 6.07) is 1.09. The molecule has 1 aliphatic heterocycles. The van der Waals surface area contributed by atoms with Crippen molar-refractivity contribution in [2.75, 3.05) is 6.54 Å². The number of aryl methyl sites for hydroxylation is 1. The number of furan rings is 1. The zero-order chi connectivity index (χ0) is 16.0. The van der Waals surface area contributed by atoms with E-state index in [4.69, 9.17) is 4.42 Å². The molecule has 5 heteroatoms. The molecule has 2 heterocycles. The molecule has 0 aromatic carbocycles. The molecule has 3 rings (SSSR count). The maximum absolute atomic E-state index is 12.9. The van der Waals surface area contributed by atoms with Crippen LogP contribution in [0.2, 0.25) is 0 Å². The Morgan fingerprint density at radius 2 is 2.09 bits per heavy atom. The van der Waals surface area contributed by atoms with Gasteiger partial charge >= 0.3 is 5.97 Å². The Bertz CT molecular complexity index is 604. The van der Waals surface area contributed by atoms with Gasteiger partial charge in [-0.15, -0.1) is 0 Å². The number of carbonyl (C=O) groups is 2. The third-order valence-corrected chi connectivity index (χ3v) is 5.14. The van der Waals surface area contributed by atoms with Gasteiger partial charge in [-0.2, -0.15) is 0 Å². The average Bonchev–Trinajstić information content (AvgIpc) is 3.09. The van der Waals surface area contributed by atoms with E-state index in [9.17, 15) is 14.7 Å². The SMILES string of the molecule is Cc1oc(C(C)C)cc1C(=O)N1C[C@@H]2CCC[C@@H]2[C@H]1C(=O)O. The van der Waals surface area contributed by atoms with E-state index in [1.54, 1.807) is 17.9 Å². The molecule has 3 atom stereocenters. The molecule has 1 aromatic heterocycles. The molecule has 1 saturated heterocycles. The first-order valence-electron chi connectivity index (χ1n) is 8.04. The summed E-state index contributed by atoms with van der Waals surface area (Å²) in [5.74, 6) is 0.915. The smallest absolute Gasteiger partial charge is 0.326 e. The molecular weight excluding hydrogens is 282 g/mol. The highest BCUT2D eigenvalue weighted by Crippen LogP contribution is 2.43. The van der Waals surface area contributed by atoms with Crippen LogP contribution in [0.3, 0.4) is 0 Å². The first-order valence-corrected chi connectivity index (χ1v) is 8.04. The number of hydrogen-bond donors (Lipinski definition) is 1. The number of hydrogen-bond acceptors (Lipinski definition) is 3. The molecule has 1 aliphatic carbocycles. The van der Waals surface area contributed by atoms with Crippen LogP contribution in [-0.2, 0) is 4.79 Å². The van der Waals surface area contributed by atoms with Gasteiger partial charge in [0, 0.05) is 12.5 Å². The molecule has 1 N–H and O–H groups in total. The van der Waals surface area contributed by atoms with Gasteiger partial charge in [0.1, 0.15) is 17.6 Å². The van der Waals surface area contributed by atoms with Crippen LogP contribution >= 0.6 is 0 Å². The number of likely N-dealkylation sites (tertiary alicyclic amines) is 1. The van der Waals surface area contributed by atoms with Crippen LogP contribution in [0.15, 0.2) is 10.5 Å². The lowest BCUT2D eigenvalue weighted by atomic mass is 9.94. The third-order valence-electron chi connectivity index (χ3n) is 5.14. The number of nitrogens with zero attached hydrogens (tertiary/aromatic N) is 1. The van der Waals surface area contributed by atoms with E-state index in [2.05, 4.69) is 0 Å². The summed E-state index contributed by atoms with van der Waals surface area (Å²) in [6.07, 6.45) is 3.01. The summed E-state index contributed by atoms with van der Waals surface area (Å²) in [4.78, 5) is 26.1. The zero-order valence-corrected chi connectivity index (χ0v) is 13.3. The molecule has 0 radical (unpaired) electrons. The molecule has 0 unspecified atom stereocenters. The van der Waals surface area contributed by atoms with E-state index >= 15 is 0 Å². The van der Waals surface area contributed by atoms with E-state index in [0.717, 1.165) is 25.0 Å². The number of fused-ring (bicyclic) bond motifs is 1. The molecule has 2 fully saturated rings. The Hall–Kier alpha value is -1.78. The minimum Gasteiger partial charge on any atom is -0.480 e. The van der Waals surface area contributed by atoms with Crippen LogP contribution in [0.1, 0.15) is 60.9 Å². The van der Waals surface area contributed by atoms with Crippen molar-refractivity contribution < 1.29 is 19.1 Å². The first kappa shape index (κ1) is 15.1. The highest BCUT2D eigenvalue weighted by molar-refractivity contribution is 5.98. The molecule has 0 bridgehead atoms. The van der Waals surface area contributed by atoms with Gasteiger partial charge in [-0.1, -0.05) is 20.3 Å². The second-order valence-electron chi connectivity index (χ2n) is 6.87. The van der Waals surface area contributed by atoms with Crippen molar-refractivity contribution in [3.63, 3.8) is 0 Å². The monoisotopic (exact) mass is 305 g/mol. The Labute approximate surface area is 130 Å². The van der Waals surface area contributed by atoms with Gasteiger partial charge in [0.25, 0.3) is 5.91 Å². The van der Waals surface area contributed by atoms with Gasteiger partial charge in [-0.25, -0.2) is 4.79 Å². The fraction of sp³-hybridized carbons (Fsp3) is 0.647. The van der Waals surface area contributed by atoms with Gasteiger partial charge in [0.15, 0.2) is 0 Å². The third kappa shape index (κ3) is 2.32. The summed E-state index contributed by atoms with van der Waals surface area (Å²) < 4.78 is 5.65. The maximum Gasteiger partial charge on any atom is 0.326 e. The largest absolute Gasteiger partial charge is 0.480 e. The van der Waals surface area contributed by atoms with Crippen molar-refractivity contribution in [2.45, 2.75) is 52.0 Å². The standard InChI is InChI=1S/C17H23NO4/c1-9(2)14-7-13(10(3)22-14)16(19)18-8-11-5-4-6-12(11)15(18)17(20)21/h7,9,11-12,15H,4-6,8H2,1-3H3,(H,20,21)/t11-,12-,15-/m0/s1. The fourth-order valence-corrected chi connectivity index (χ4v) is 3.99. The number of carboxylic acids is 1. The van der Waals surface area contributed by atoms with Gasteiger partial charge < -0.3 is 14.4 Å². The Morgan fingerprint density at radius 1 is 1.36 bits per heavy atom. The maximum atomic E-state index is 12.9. The summed E-state index contributed by atoms with van der Waals surface area (Å²) >= 11 is 0. The van der Waals surface area contributed by atoms with E-state index < -0.39 is 12.0 Å². The summed E-state index contributed by atoms with van der Waals surface area (Å²) in [5, 5.41) is 9.57. The van der Waals surface area contributed by atoms with Crippen LogP contribution in [0, 0.1) is 18.8 Å². The molecule has 2 aliphatic rings. The van der Waals surface area contributed by atoms with Gasteiger partial charge in [-0.05, 0) is 37.7 Å². The number of carboxylic acid groups (broad SMARTS) is 1. The Balaban J connectivity index is 1.89. The number of amides is 1. The molecule has 1 amide bonds. The summed E-state index contributed by atoms with van der Waals surface area (Å²) in [7, 11) is 0. The van der Waals surface area contributed by atoms with Gasteiger partial charge in [0.2, 0.25) is 0 Å². The van der Waals surface area contributed by atoms with Crippen molar-refractivity contribution in [3.05, 3.63) is 23.2 Å². The van der Waals surface area contributed by atoms with Crippen molar-refractivity contribution in [1.82, 2.24) is 4.90 Å². The minimum absolute atomic E-state index is 0.109. The lowest BCUT2D eigenvalue weighted by Crippen LogP contribution is -2.43. The van der Waals surface area contributed by atoms with E-state index in [0.29, 0.717) is 23.8 Å². The van der Waals surface area contributed by atoms with Crippen LogP contribution in [0.4, 0.5) is 0 Å². The highest BCUT2D eigenvalue weighted by atomic mass is 16.4. The topological polar surface area (TPSA) is 70.8 Å². The quantitative estimate of drug-likeness (QED) is 0.931. The van der Waals surface area contributed by atoms with Crippen LogP contribution < -0.4 is 0 Å². The van der Waals surface area contributed by atoms with E-state index in [1.165, 1.54) is 0 Å². The van der Waals surface area contributed by atoms with Crippen molar-refractivity contribution in [3.8, 4) is 0 Å². The minimum atomic E-state index is -0.881. The van der Waals surface area contributed by atoms with Crippen molar-refractivity contribution >= 4 is 11.9 Å². The zero-order valence-electron chi connectivity index (χ0n) is 13.3. The molecule has 1 saturated carbocycles. The second-order valence-corrected chi connectivity index (χ2v) is 6.87.